The van der Waals surface area contributed by atoms with Gasteiger partial charge in [0.05, 0.1) is 4.92 Å². The molecule has 7 heteroatoms. The van der Waals surface area contributed by atoms with E-state index in [0.717, 1.165) is 31.0 Å². The first-order valence-corrected chi connectivity index (χ1v) is 5.96. The zero-order valence-corrected chi connectivity index (χ0v) is 10.1. The Labute approximate surface area is 108 Å². The van der Waals surface area contributed by atoms with Crippen LogP contribution < -0.4 is 10.1 Å². The number of nitrogens with zero attached hydrogens (tertiary/aromatic N) is 1. The van der Waals surface area contributed by atoms with E-state index in [4.69, 9.17) is 4.74 Å². The van der Waals surface area contributed by atoms with Gasteiger partial charge in [-0.3, -0.25) is 14.9 Å². The van der Waals surface area contributed by atoms with Crippen molar-refractivity contribution in [3.63, 3.8) is 0 Å². The van der Waals surface area contributed by atoms with Crippen LogP contribution in [-0.4, -0.2) is 23.5 Å². The van der Waals surface area contributed by atoms with Crippen molar-refractivity contribution in [3.05, 3.63) is 34.1 Å². The third kappa shape index (κ3) is 3.18. The number of amides is 1. The van der Waals surface area contributed by atoms with Crippen LogP contribution in [0.15, 0.2) is 18.2 Å². The Balaban J connectivity index is 2.23. The van der Waals surface area contributed by atoms with E-state index in [-0.39, 0.29) is 17.3 Å². The summed E-state index contributed by atoms with van der Waals surface area (Å²) in [6.07, 6.45) is 1.24. The Morgan fingerprint density at radius 1 is 1.42 bits per heavy atom. The van der Waals surface area contributed by atoms with Crippen molar-refractivity contribution in [3.8, 4) is 5.75 Å². The molecule has 102 valence electrons. The fraction of sp³-hybridized carbons (Fsp3) is 0.417. The lowest BCUT2D eigenvalue weighted by molar-refractivity contribution is -0.386. The second-order valence-electron chi connectivity index (χ2n) is 4.26. The quantitative estimate of drug-likeness (QED) is 0.669. The van der Waals surface area contributed by atoms with Crippen LogP contribution in [0.4, 0.5) is 10.1 Å². The summed E-state index contributed by atoms with van der Waals surface area (Å²) in [7, 11) is 0. The summed E-state index contributed by atoms with van der Waals surface area (Å²) >= 11 is 0. The van der Waals surface area contributed by atoms with Crippen molar-refractivity contribution in [1.29, 1.82) is 0 Å². The van der Waals surface area contributed by atoms with E-state index in [0.29, 0.717) is 13.0 Å². The van der Waals surface area contributed by atoms with Gasteiger partial charge in [0.1, 0.15) is 5.82 Å². The summed E-state index contributed by atoms with van der Waals surface area (Å²) in [5, 5.41) is 13.5. The van der Waals surface area contributed by atoms with Crippen LogP contribution in [0.25, 0.3) is 0 Å². The molecule has 0 aromatic heterocycles. The lowest BCUT2D eigenvalue weighted by Gasteiger charge is -2.15. The monoisotopic (exact) mass is 268 g/mol. The van der Waals surface area contributed by atoms with E-state index in [2.05, 4.69) is 5.32 Å². The lowest BCUT2D eigenvalue weighted by Crippen LogP contribution is -2.36. The molecule has 1 amide bonds. The molecule has 1 unspecified atom stereocenters. The minimum Gasteiger partial charge on any atom is -0.473 e. The maximum absolute atomic E-state index is 13.1. The molecular formula is C12H13FN2O4. The first kappa shape index (κ1) is 13.3. The molecule has 2 rings (SSSR count). The van der Waals surface area contributed by atoms with Gasteiger partial charge in [0.25, 0.3) is 5.91 Å². The Hall–Kier alpha value is -2.18. The Bertz CT molecular complexity index is 507. The SMILES string of the molecule is O=C1NCCCCC1Oc1cc(F)ccc1[N+](=O)[O-]. The molecule has 1 aromatic carbocycles. The third-order valence-electron chi connectivity index (χ3n) is 2.87. The van der Waals surface area contributed by atoms with Crippen LogP contribution in [0.1, 0.15) is 19.3 Å². The number of carbonyl (C=O) groups excluding carboxylic acids is 1. The van der Waals surface area contributed by atoms with Crippen molar-refractivity contribution < 1.29 is 18.8 Å². The van der Waals surface area contributed by atoms with Crippen LogP contribution in [0.2, 0.25) is 0 Å². The van der Waals surface area contributed by atoms with Gasteiger partial charge in [-0.05, 0) is 25.3 Å². The largest absolute Gasteiger partial charge is 0.473 e. The van der Waals surface area contributed by atoms with Gasteiger partial charge in [0.2, 0.25) is 5.75 Å². The lowest BCUT2D eigenvalue weighted by atomic mass is 10.2. The molecule has 1 fully saturated rings. The molecule has 1 aliphatic rings. The van der Waals surface area contributed by atoms with E-state index in [1.807, 2.05) is 0 Å². The highest BCUT2D eigenvalue weighted by Gasteiger charge is 2.26. The molecular weight excluding hydrogens is 255 g/mol. The molecule has 1 aromatic rings. The molecule has 1 heterocycles. The number of nitro groups is 1. The maximum Gasteiger partial charge on any atom is 0.311 e. The summed E-state index contributed by atoms with van der Waals surface area (Å²) < 4.78 is 18.5. The van der Waals surface area contributed by atoms with Gasteiger partial charge in [-0.15, -0.1) is 0 Å². The molecule has 1 aliphatic heterocycles. The molecule has 0 aliphatic carbocycles. The number of nitro benzene ring substituents is 1. The van der Waals surface area contributed by atoms with Crippen molar-refractivity contribution in [2.24, 2.45) is 0 Å². The zero-order chi connectivity index (χ0) is 13.8. The summed E-state index contributed by atoms with van der Waals surface area (Å²) in [4.78, 5) is 21.8. The third-order valence-corrected chi connectivity index (χ3v) is 2.87. The summed E-state index contributed by atoms with van der Waals surface area (Å²) in [5.41, 5.74) is -0.349. The second kappa shape index (κ2) is 5.64. The van der Waals surface area contributed by atoms with Crippen LogP contribution in [0.5, 0.6) is 5.75 Å². The van der Waals surface area contributed by atoms with Crippen LogP contribution >= 0.6 is 0 Å². The Kier molecular flexibility index (Phi) is 3.94. The molecule has 0 saturated carbocycles. The number of rotatable bonds is 3. The number of halogens is 1. The van der Waals surface area contributed by atoms with Gasteiger partial charge < -0.3 is 10.1 Å². The van der Waals surface area contributed by atoms with Crippen LogP contribution in [0.3, 0.4) is 0 Å². The standard InChI is InChI=1S/C12H13FN2O4/c13-8-4-5-9(15(17)18)11(7-8)19-10-3-1-2-6-14-12(10)16/h4-5,7,10H,1-3,6H2,(H,14,16). The van der Waals surface area contributed by atoms with Gasteiger partial charge in [-0.25, -0.2) is 4.39 Å². The minimum absolute atomic E-state index is 0.216. The Morgan fingerprint density at radius 3 is 2.95 bits per heavy atom. The summed E-state index contributed by atoms with van der Waals surface area (Å²) in [6, 6.07) is 2.94. The van der Waals surface area contributed by atoms with Gasteiger partial charge in [0.15, 0.2) is 6.10 Å². The topological polar surface area (TPSA) is 81.5 Å². The smallest absolute Gasteiger partial charge is 0.311 e. The van der Waals surface area contributed by atoms with Gasteiger partial charge >= 0.3 is 5.69 Å². The Morgan fingerprint density at radius 2 is 2.21 bits per heavy atom. The number of nitrogens with one attached hydrogen (secondary N) is 1. The minimum atomic E-state index is -0.817. The highest BCUT2D eigenvalue weighted by atomic mass is 19.1. The average Bonchev–Trinajstić information content (AvgIpc) is 2.55. The van der Waals surface area contributed by atoms with Crippen molar-refractivity contribution in [2.45, 2.75) is 25.4 Å². The van der Waals surface area contributed by atoms with Gasteiger partial charge in [-0.1, -0.05) is 0 Å². The number of ether oxygens (including phenoxy) is 1. The fourth-order valence-electron chi connectivity index (χ4n) is 1.91. The second-order valence-corrected chi connectivity index (χ2v) is 4.26. The van der Waals surface area contributed by atoms with E-state index in [9.17, 15) is 19.3 Å². The zero-order valence-electron chi connectivity index (χ0n) is 10.1. The van der Waals surface area contributed by atoms with Gasteiger partial charge in [0, 0.05) is 18.7 Å². The molecule has 0 radical (unpaired) electrons. The van der Waals surface area contributed by atoms with E-state index < -0.39 is 16.8 Å². The molecule has 6 nitrogen and oxygen atoms in total. The number of hydrogen-bond donors (Lipinski definition) is 1. The van der Waals surface area contributed by atoms with E-state index in [1.54, 1.807) is 0 Å². The van der Waals surface area contributed by atoms with Crippen molar-refractivity contribution in [2.75, 3.05) is 6.54 Å². The molecule has 0 spiro atoms. The fourth-order valence-corrected chi connectivity index (χ4v) is 1.91. The molecule has 1 atom stereocenters. The van der Waals surface area contributed by atoms with Gasteiger partial charge in [-0.2, -0.15) is 0 Å². The first-order valence-electron chi connectivity index (χ1n) is 5.96. The maximum atomic E-state index is 13.1. The highest BCUT2D eigenvalue weighted by Crippen LogP contribution is 2.29. The molecule has 1 N–H and O–H groups in total. The first-order chi connectivity index (χ1) is 9.08. The van der Waals surface area contributed by atoms with Crippen LogP contribution in [-0.2, 0) is 4.79 Å². The molecule has 1 saturated heterocycles. The number of benzene rings is 1. The predicted octanol–water partition coefficient (Wildman–Crippen LogP) is 1.78. The molecule has 0 bridgehead atoms. The van der Waals surface area contributed by atoms with Crippen molar-refractivity contribution >= 4 is 11.6 Å². The normalized spacial score (nSPS) is 19.4. The number of carbonyl (C=O) groups is 1. The summed E-state index contributed by atoms with van der Waals surface area (Å²) in [5.74, 6) is -1.18. The van der Waals surface area contributed by atoms with Crippen molar-refractivity contribution in [1.82, 2.24) is 5.32 Å². The number of hydrogen-bond acceptors (Lipinski definition) is 4. The van der Waals surface area contributed by atoms with Crippen LogP contribution in [0, 0.1) is 15.9 Å². The average molecular weight is 268 g/mol. The predicted molar refractivity (Wildman–Crippen MR) is 64.3 cm³/mol. The summed E-state index contributed by atoms with van der Waals surface area (Å²) in [6.45, 7) is 0.559. The molecule has 19 heavy (non-hydrogen) atoms. The van der Waals surface area contributed by atoms with E-state index >= 15 is 0 Å². The van der Waals surface area contributed by atoms with E-state index in [1.165, 1.54) is 0 Å². The highest BCUT2D eigenvalue weighted by molar-refractivity contribution is 5.81.